The molecule has 2 heterocycles. The minimum atomic E-state index is -0.190. The minimum absolute atomic E-state index is 0.190. The Morgan fingerprint density at radius 2 is 2.27 bits per heavy atom. The van der Waals surface area contributed by atoms with Crippen LogP contribution in [-0.2, 0) is 11.2 Å². The summed E-state index contributed by atoms with van der Waals surface area (Å²) in [4.78, 5) is 13.0. The maximum absolute atomic E-state index is 13.0. The Balaban J connectivity index is 1.54. The van der Waals surface area contributed by atoms with Crippen molar-refractivity contribution in [3.05, 3.63) is 23.8 Å². The van der Waals surface area contributed by atoms with Crippen LogP contribution in [-0.4, -0.2) is 25.6 Å². The summed E-state index contributed by atoms with van der Waals surface area (Å²) in [7, 11) is 0. The maximum atomic E-state index is 13.0. The lowest BCUT2D eigenvalue weighted by atomic mass is 9.67. The van der Waals surface area contributed by atoms with Gasteiger partial charge in [0.25, 0.3) is 0 Å². The number of hydrogen-bond donors (Lipinski definition) is 2. The van der Waals surface area contributed by atoms with Crippen molar-refractivity contribution in [3.8, 4) is 5.75 Å². The van der Waals surface area contributed by atoms with Gasteiger partial charge in [0.05, 0.1) is 12.0 Å². The summed E-state index contributed by atoms with van der Waals surface area (Å²) in [6, 6.07) is 6.05. The zero-order chi connectivity index (χ0) is 15.0. The Morgan fingerprint density at radius 3 is 3.23 bits per heavy atom. The highest BCUT2D eigenvalue weighted by Crippen LogP contribution is 2.44. The number of benzene rings is 1. The number of rotatable bonds is 2. The second kappa shape index (κ2) is 5.58. The minimum Gasteiger partial charge on any atom is -0.493 e. The van der Waals surface area contributed by atoms with Crippen LogP contribution in [0, 0.1) is 11.3 Å². The molecule has 1 saturated heterocycles. The van der Waals surface area contributed by atoms with E-state index in [1.165, 1.54) is 24.8 Å². The van der Waals surface area contributed by atoms with Gasteiger partial charge in [0.15, 0.2) is 0 Å². The van der Waals surface area contributed by atoms with Gasteiger partial charge in [0, 0.05) is 12.2 Å². The highest BCUT2D eigenvalue weighted by atomic mass is 16.5. The molecule has 1 aromatic carbocycles. The van der Waals surface area contributed by atoms with Gasteiger partial charge in [-0.2, -0.15) is 0 Å². The van der Waals surface area contributed by atoms with Crippen LogP contribution in [0.15, 0.2) is 18.2 Å². The van der Waals surface area contributed by atoms with E-state index in [2.05, 4.69) is 16.7 Å². The van der Waals surface area contributed by atoms with Crippen LogP contribution >= 0.6 is 0 Å². The zero-order valence-corrected chi connectivity index (χ0v) is 13.0. The number of fused-ring (bicyclic) bond motifs is 2. The fourth-order valence-electron chi connectivity index (χ4n) is 4.38. The van der Waals surface area contributed by atoms with Crippen LogP contribution in [0.4, 0.5) is 5.69 Å². The molecule has 3 aliphatic rings. The van der Waals surface area contributed by atoms with E-state index in [1.54, 1.807) is 0 Å². The lowest BCUT2D eigenvalue weighted by molar-refractivity contribution is -0.128. The van der Waals surface area contributed by atoms with Crippen LogP contribution in [0.25, 0.3) is 0 Å². The van der Waals surface area contributed by atoms with Crippen molar-refractivity contribution in [2.45, 2.75) is 38.5 Å². The molecule has 0 aromatic heterocycles. The number of anilines is 1. The summed E-state index contributed by atoms with van der Waals surface area (Å²) in [6.07, 6.45) is 6.72. The van der Waals surface area contributed by atoms with Gasteiger partial charge in [-0.15, -0.1) is 0 Å². The third-order valence-corrected chi connectivity index (χ3v) is 5.66. The van der Waals surface area contributed by atoms with Gasteiger partial charge < -0.3 is 15.4 Å². The molecular formula is C18H24N2O2. The maximum Gasteiger partial charge on any atom is 0.232 e. The van der Waals surface area contributed by atoms with Gasteiger partial charge in [-0.25, -0.2) is 0 Å². The highest BCUT2D eigenvalue weighted by Gasteiger charge is 2.49. The predicted octanol–water partition coefficient (Wildman–Crippen LogP) is 2.73. The second-order valence-corrected chi connectivity index (χ2v) is 6.96. The van der Waals surface area contributed by atoms with Crippen molar-refractivity contribution in [1.29, 1.82) is 0 Å². The predicted molar refractivity (Wildman–Crippen MR) is 86.1 cm³/mol. The van der Waals surface area contributed by atoms with E-state index >= 15 is 0 Å². The van der Waals surface area contributed by atoms with Crippen LogP contribution < -0.4 is 15.4 Å². The Labute approximate surface area is 131 Å². The molecule has 1 aliphatic carbocycles. The number of amides is 1. The quantitative estimate of drug-likeness (QED) is 0.883. The summed E-state index contributed by atoms with van der Waals surface area (Å²) < 4.78 is 5.65. The van der Waals surface area contributed by atoms with Crippen molar-refractivity contribution in [2.75, 3.05) is 25.0 Å². The smallest absolute Gasteiger partial charge is 0.232 e. The molecular weight excluding hydrogens is 276 g/mol. The number of carbonyl (C=O) groups excluding carboxylic acids is 1. The number of carbonyl (C=O) groups is 1. The molecule has 4 heteroatoms. The molecule has 4 nitrogen and oxygen atoms in total. The lowest BCUT2D eigenvalue weighted by Gasteiger charge is -2.37. The molecule has 1 amide bonds. The Bertz CT molecular complexity index is 586. The molecule has 2 aliphatic heterocycles. The molecule has 1 aromatic rings. The van der Waals surface area contributed by atoms with Crippen molar-refractivity contribution in [2.24, 2.45) is 11.3 Å². The summed E-state index contributed by atoms with van der Waals surface area (Å²) in [6.45, 7) is 2.62. The van der Waals surface area contributed by atoms with Crippen LogP contribution in [0.1, 0.15) is 37.7 Å². The van der Waals surface area contributed by atoms with E-state index < -0.39 is 0 Å². The fraction of sp³-hybridized carbons (Fsp3) is 0.611. The molecule has 1 saturated carbocycles. The molecule has 0 spiro atoms. The standard InChI is InChI=1S/C18H24N2O2/c21-17(18-8-2-1-5-14(18)11-19-12-18)20-15-6-7-16-13(10-15)4-3-9-22-16/h6-7,10,14,19H,1-5,8-9,11-12H2,(H,20,21)/t14-,18+/m0/s1. The first-order chi connectivity index (χ1) is 10.8. The Kier molecular flexibility index (Phi) is 3.57. The number of hydrogen-bond acceptors (Lipinski definition) is 3. The van der Waals surface area contributed by atoms with Crippen LogP contribution in [0.2, 0.25) is 0 Å². The van der Waals surface area contributed by atoms with E-state index in [0.717, 1.165) is 50.4 Å². The topological polar surface area (TPSA) is 50.4 Å². The number of ether oxygens (including phenoxy) is 1. The van der Waals surface area contributed by atoms with Crippen LogP contribution in [0.5, 0.6) is 5.75 Å². The van der Waals surface area contributed by atoms with Gasteiger partial charge in [0.1, 0.15) is 5.75 Å². The summed E-state index contributed by atoms with van der Waals surface area (Å²) >= 11 is 0. The zero-order valence-electron chi connectivity index (χ0n) is 13.0. The molecule has 2 fully saturated rings. The van der Waals surface area contributed by atoms with Gasteiger partial charge >= 0.3 is 0 Å². The molecule has 0 bridgehead atoms. The SMILES string of the molecule is O=C(Nc1ccc2c(c1)CCCO2)[C@@]12CCCC[C@H]1CNC2. The summed E-state index contributed by atoms with van der Waals surface area (Å²) in [5.41, 5.74) is 1.94. The van der Waals surface area contributed by atoms with Gasteiger partial charge in [-0.3, -0.25) is 4.79 Å². The second-order valence-electron chi connectivity index (χ2n) is 6.96. The Hall–Kier alpha value is -1.55. The van der Waals surface area contributed by atoms with Gasteiger partial charge in [-0.1, -0.05) is 12.8 Å². The first kappa shape index (κ1) is 14.1. The normalized spacial score (nSPS) is 30.1. The average molecular weight is 300 g/mol. The van der Waals surface area contributed by atoms with Crippen molar-refractivity contribution >= 4 is 11.6 Å². The van der Waals surface area contributed by atoms with E-state index in [0.29, 0.717) is 5.92 Å². The first-order valence-corrected chi connectivity index (χ1v) is 8.56. The van der Waals surface area contributed by atoms with E-state index in [9.17, 15) is 4.79 Å². The van der Waals surface area contributed by atoms with Crippen molar-refractivity contribution < 1.29 is 9.53 Å². The van der Waals surface area contributed by atoms with Gasteiger partial charge in [0.2, 0.25) is 5.91 Å². The molecule has 2 N–H and O–H groups in total. The highest BCUT2D eigenvalue weighted by molar-refractivity contribution is 5.96. The Morgan fingerprint density at radius 1 is 1.32 bits per heavy atom. The largest absolute Gasteiger partial charge is 0.493 e. The average Bonchev–Trinajstić information content (AvgIpc) is 3.00. The number of nitrogens with one attached hydrogen (secondary N) is 2. The van der Waals surface area contributed by atoms with E-state index in [4.69, 9.17) is 4.74 Å². The first-order valence-electron chi connectivity index (χ1n) is 8.56. The molecule has 4 rings (SSSR count). The molecule has 2 atom stereocenters. The van der Waals surface area contributed by atoms with E-state index in [1.807, 2.05) is 12.1 Å². The third-order valence-electron chi connectivity index (χ3n) is 5.66. The van der Waals surface area contributed by atoms with Crippen molar-refractivity contribution in [3.63, 3.8) is 0 Å². The molecule has 0 unspecified atom stereocenters. The monoisotopic (exact) mass is 300 g/mol. The lowest BCUT2D eigenvalue weighted by Crippen LogP contribution is -2.44. The van der Waals surface area contributed by atoms with Crippen molar-refractivity contribution in [1.82, 2.24) is 5.32 Å². The number of aryl methyl sites for hydroxylation is 1. The van der Waals surface area contributed by atoms with E-state index in [-0.39, 0.29) is 11.3 Å². The summed E-state index contributed by atoms with van der Waals surface area (Å²) in [5.74, 6) is 1.68. The van der Waals surface area contributed by atoms with Crippen LogP contribution in [0.3, 0.4) is 0 Å². The molecule has 118 valence electrons. The summed E-state index contributed by atoms with van der Waals surface area (Å²) in [5, 5.41) is 6.63. The fourth-order valence-corrected chi connectivity index (χ4v) is 4.38. The third kappa shape index (κ3) is 2.30. The molecule has 22 heavy (non-hydrogen) atoms. The van der Waals surface area contributed by atoms with Gasteiger partial charge in [-0.05, 0) is 61.9 Å². The molecule has 0 radical (unpaired) electrons.